The predicted molar refractivity (Wildman–Crippen MR) is 78.5 cm³/mol. The highest BCUT2D eigenvalue weighted by molar-refractivity contribution is 7.90. The first kappa shape index (κ1) is 15.7. The van der Waals surface area contributed by atoms with Crippen LogP contribution in [-0.2, 0) is 16.4 Å². The second-order valence-corrected chi connectivity index (χ2v) is 7.18. The van der Waals surface area contributed by atoms with Crippen molar-refractivity contribution in [2.45, 2.75) is 31.3 Å². The van der Waals surface area contributed by atoms with Crippen molar-refractivity contribution in [3.05, 3.63) is 41.5 Å². The lowest BCUT2D eigenvalue weighted by molar-refractivity contribution is 0.216. The van der Waals surface area contributed by atoms with Crippen molar-refractivity contribution in [1.82, 2.24) is 15.0 Å². The summed E-state index contributed by atoms with van der Waals surface area (Å²) in [5, 5.41) is 3.76. The SMILES string of the molecule is Cc1noc(CN(C)[C@H](C)c2ccc(S(C)(=O)=O)cc2)n1. The van der Waals surface area contributed by atoms with Crippen molar-refractivity contribution < 1.29 is 12.9 Å². The topological polar surface area (TPSA) is 76.3 Å². The van der Waals surface area contributed by atoms with Gasteiger partial charge in [0.05, 0.1) is 11.4 Å². The summed E-state index contributed by atoms with van der Waals surface area (Å²) < 4.78 is 28.0. The third kappa shape index (κ3) is 3.89. The third-order valence-corrected chi connectivity index (χ3v) is 4.53. The molecule has 1 aromatic heterocycles. The average molecular weight is 309 g/mol. The fourth-order valence-corrected chi connectivity index (χ4v) is 2.63. The first-order valence-electron chi connectivity index (χ1n) is 6.57. The summed E-state index contributed by atoms with van der Waals surface area (Å²) in [6.45, 7) is 4.36. The van der Waals surface area contributed by atoms with Crippen LogP contribution in [0, 0.1) is 6.92 Å². The van der Waals surface area contributed by atoms with Crippen LogP contribution >= 0.6 is 0 Å². The fourth-order valence-electron chi connectivity index (χ4n) is 2.00. The Kier molecular flexibility index (Phi) is 4.43. The Labute approximate surface area is 124 Å². The maximum absolute atomic E-state index is 11.5. The van der Waals surface area contributed by atoms with E-state index in [0.717, 1.165) is 5.56 Å². The molecule has 7 heteroatoms. The molecule has 1 heterocycles. The minimum atomic E-state index is -3.16. The molecule has 0 saturated heterocycles. The van der Waals surface area contributed by atoms with Gasteiger partial charge >= 0.3 is 0 Å². The van der Waals surface area contributed by atoms with Gasteiger partial charge in [0.2, 0.25) is 5.89 Å². The third-order valence-electron chi connectivity index (χ3n) is 3.41. The van der Waals surface area contributed by atoms with Gasteiger partial charge in [-0.15, -0.1) is 0 Å². The van der Waals surface area contributed by atoms with E-state index in [1.165, 1.54) is 6.26 Å². The second kappa shape index (κ2) is 5.95. The van der Waals surface area contributed by atoms with Crippen molar-refractivity contribution in [1.29, 1.82) is 0 Å². The maximum Gasteiger partial charge on any atom is 0.240 e. The van der Waals surface area contributed by atoms with Crippen LogP contribution in [0.25, 0.3) is 0 Å². The zero-order valence-corrected chi connectivity index (χ0v) is 13.4. The Morgan fingerprint density at radius 3 is 2.38 bits per heavy atom. The summed E-state index contributed by atoms with van der Waals surface area (Å²) >= 11 is 0. The highest BCUT2D eigenvalue weighted by atomic mass is 32.2. The Bertz CT molecular complexity index is 707. The molecule has 0 aliphatic rings. The molecule has 1 atom stereocenters. The molecule has 2 rings (SSSR count). The Morgan fingerprint density at radius 1 is 1.29 bits per heavy atom. The van der Waals surface area contributed by atoms with E-state index in [1.54, 1.807) is 19.1 Å². The minimum absolute atomic E-state index is 0.103. The Hall–Kier alpha value is -1.73. The van der Waals surface area contributed by atoms with Gasteiger partial charge in [-0.2, -0.15) is 4.98 Å². The van der Waals surface area contributed by atoms with Crippen molar-refractivity contribution in [3.8, 4) is 0 Å². The molecule has 0 spiro atoms. The van der Waals surface area contributed by atoms with Gasteiger partial charge in [0.15, 0.2) is 15.7 Å². The zero-order valence-electron chi connectivity index (χ0n) is 12.6. The number of nitrogens with zero attached hydrogens (tertiary/aromatic N) is 3. The van der Waals surface area contributed by atoms with Gasteiger partial charge in [-0.25, -0.2) is 8.42 Å². The van der Waals surface area contributed by atoms with E-state index >= 15 is 0 Å². The van der Waals surface area contributed by atoms with Gasteiger partial charge in [0.1, 0.15) is 0 Å². The van der Waals surface area contributed by atoms with E-state index in [9.17, 15) is 8.42 Å². The molecule has 114 valence electrons. The van der Waals surface area contributed by atoms with Crippen LogP contribution in [0.2, 0.25) is 0 Å². The van der Waals surface area contributed by atoms with Gasteiger partial charge in [-0.05, 0) is 38.6 Å². The van der Waals surface area contributed by atoms with E-state index in [1.807, 2.05) is 26.1 Å². The summed E-state index contributed by atoms with van der Waals surface area (Å²) in [5.74, 6) is 1.18. The first-order valence-corrected chi connectivity index (χ1v) is 8.46. The number of sulfone groups is 1. The van der Waals surface area contributed by atoms with E-state index in [4.69, 9.17) is 4.52 Å². The van der Waals surface area contributed by atoms with Crippen molar-refractivity contribution in [3.63, 3.8) is 0 Å². The van der Waals surface area contributed by atoms with Crippen LogP contribution in [0.4, 0.5) is 0 Å². The molecule has 6 nitrogen and oxygen atoms in total. The number of benzene rings is 1. The average Bonchev–Trinajstić information content (AvgIpc) is 2.82. The van der Waals surface area contributed by atoms with Crippen molar-refractivity contribution in [2.75, 3.05) is 13.3 Å². The van der Waals surface area contributed by atoms with Crippen LogP contribution in [0.5, 0.6) is 0 Å². The molecule has 1 aromatic carbocycles. The fraction of sp³-hybridized carbons (Fsp3) is 0.429. The summed E-state index contributed by atoms with van der Waals surface area (Å²) in [5.41, 5.74) is 1.03. The van der Waals surface area contributed by atoms with Crippen LogP contribution < -0.4 is 0 Å². The van der Waals surface area contributed by atoms with Crippen molar-refractivity contribution in [2.24, 2.45) is 0 Å². The van der Waals surface area contributed by atoms with E-state index in [2.05, 4.69) is 15.0 Å². The van der Waals surface area contributed by atoms with Gasteiger partial charge in [-0.1, -0.05) is 17.3 Å². The molecule has 0 N–H and O–H groups in total. The van der Waals surface area contributed by atoms with E-state index in [-0.39, 0.29) is 6.04 Å². The Balaban J connectivity index is 2.10. The largest absolute Gasteiger partial charge is 0.338 e. The number of hydrogen-bond donors (Lipinski definition) is 0. The standard InChI is InChI=1S/C14H19N3O3S/c1-10(17(3)9-14-15-11(2)16-20-14)12-5-7-13(8-6-12)21(4,18)19/h5-8,10H,9H2,1-4H3/t10-/m1/s1. The second-order valence-electron chi connectivity index (χ2n) is 5.17. The smallest absolute Gasteiger partial charge is 0.240 e. The minimum Gasteiger partial charge on any atom is -0.338 e. The highest BCUT2D eigenvalue weighted by Crippen LogP contribution is 2.22. The molecule has 0 bridgehead atoms. The molecule has 0 saturated carbocycles. The molecule has 2 aromatic rings. The van der Waals surface area contributed by atoms with Gasteiger partial charge in [-0.3, -0.25) is 4.90 Å². The number of rotatable bonds is 5. The van der Waals surface area contributed by atoms with Crippen LogP contribution in [-0.4, -0.2) is 36.8 Å². The monoisotopic (exact) mass is 309 g/mol. The predicted octanol–water partition coefficient (Wildman–Crippen LogP) is 1.97. The molecular formula is C14H19N3O3S. The molecule has 0 aliphatic carbocycles. The molecule has 0 radical (unpaired) electrons. The van der Waals surface area contributed by atoms with Crippen molar-refractivity contribution >= 4 is 9.84 Å². The van der Waals surface area contributed by atoms with Crippen LogP contribution in [0.1, 0.15) is 30.2 Å². The number of aryl methyl sites for hydroxylation is 1. The van der Waals surface area contributed by atoms with E-state index < -0.39 is 9.84 Å². The normalized spacial score (nSPS) is 13.6. The summed E-state index contributed by atoms with van der Waals surface area (Å²) in [4.78, 5) is 6.56. The molecule has 0 fully saturated rings. The van der Waals surface area contributed by atoms with Crippen LogP contribution in [0.3, 0.4) is 0 Å². The molecular weight excluding hydrogens is 290 g/mol. The first-order chi connectivity index (χ1) is 9.77. The van der Waals surface area contributed by atoms with Crippen LogP contribution in [0.15, 0.2) is 33.7 Å². The van der Waals surface area contributed by atoms with E-state index in [0.29, 0.717) is 23.2 Å². The highest BCUT2D eigenvalue weighted by Gasteiger charge is 2.16. The molecule has 0 unspecified atom stereocenters. The Morgan fingerprint density at radius 2 is 1.90 bits per heavy atom. The summed E-state index contributed by atoms with van der Waals surface area (Å²) in [6, 6.07) is 7.02. The molecule has 0 aliphatic heterocycles. The maximum atomic E-state index is 11.5. The lowest BCUT2D eigenvalue weighted by Gasteiger charge is -2.23. The summed E-state index contributed by atoms with van der Waals surface area (Å²) in [7, 11) is -1.21. The molecule has 0 amide bonds. The number of aromatic nitrogens is 2. The van der Waals surface area contributed by atoms with Gasteiger partial charge in [0.25, 0.3) is 0 Å². The summed E-state index contributed by atoms with van der Waals surface area (Å²) in [6.07, 6.45) is 1.20. The quantitative estimate of drug-likeness (QED) is 0.840. The lowest BCUT2D eigenvalue weighted by atomic mass is 10.1. The number of hydrogen-bond acceptors (Lipinski definition) is 6. The molecule has 21 heavy (non-hydrogen) atoms. The van der Waals surface area contributed by atoms with Gasteiger partial charge < -0.3 is 4.52 Å². The lowest BCUT2D eigenvalue weighted by Crippen LogP contribution is -2.22. The zero-order chi connectivity index (χ0) is 15.6. The van der Waals surface area contributed by atoms with Gasteiger partial charge in [0, 0.05) is 12.3 Å².